The highest BCUT2D eigenvalue weighted by Gasteiger charge is 2.36. The summed E-state index contributed by atoms with van der Waals surface area (Å²) >= 11 is 0. The standard InChI is InChI=1S/C25H29N3O3/c1-17-4-9-23-21(14-17)22(10-13-31-23)26-25(30)18-15-24(29)28(16-18)20-7-5-19(6-8-20)27-11-2-3-12-27/h4-9,14,18,22H,2-3,10-13,15-16H2,1H3,(H,26,30). The van der Waals surface area contributed by atoms with Gasteiger partial charge in [0.2, 0.25) is 11.8 Å². The highest BCUT2D eigenvalue weighted by atomic mass is 16.5. The molecule has 2 fully saturated rings. The largest absolute Gasteiger partial charge is 0.493 e. The van der Waals surface area contributed by atoms with Gasteiger partial charge in [0.05, 0.1) is 18.6 Å². The first kappa shape index (κ1) is 19.9. The Morgan fingerprint density at radius 1 is 1.06 bits per heavy atom. The molecule has 0 radical (unpaired) electrons. The summed E-state index contributed by atoms with van der Waals surface area (Å²) in [5.74, 6) is 0.465. The van der Waals surface area contributed by atoms with E-state index in [-0.39, 0.29) is 30.2 Å². The van der Waals surface area contributed by atoms with Crippen molar-refractivity contribution < 1.29 is 14.3 Å². The third-order valence-electron chi connectivity index (χ3n) is 6.65. The molecular weight excluding hydrogens is 390 g/mol. The van der Waals surface area contributed by atoms with Gasteiger partial charge in [-0.05, 0) is 50.1 Å². The van der Waals surface area contributed by atoms with E-state index in [4.69, 9.17) is 4.74 Å². The maximum Gasteiger partial charge on any atom is 0.227 e. The van der Waals surface area contributed by atoms with Crippen molar-refractivity contribution in [1.82, 2.24) is 5.32 Å². The molecule has 0 spiro atoms. The van der Waals surface area contributed by atoms with Crippen molar-refractivity contribution in [1.29, 1.82) is 0 Å². The molecule has 6 nitrogen and oxygen atoms in total. The van der Waals surface area contributed by atoms with Crippen LogP contribution in [0.5, 0.6) is 5.75 Å². The van der Waals surface area contributed by atoms with Crippen LogP contribution in [0, 0.1) is 12.8 Å². The van der Waals surface area contributed by atoms with Crippen molar-refractivity contribution in [2.45, 2.75) is 38.6 Å². The SMILES string of the molecule is Cc1ccc2c(c1)C(NC(=O)C1CC(=O)N(c3ccc(N4CCCC4)cc3)C1)CCO2. The van der Waals surface area contributed by atoms with Gasteiger partial charge in [-0.15, -0.1) is 0 Å². The van der Waals surface area contributed by atoms with Crippen LogP contribution in [0.25, 0.3) is 0 Å². The lowest BCUT2D eigenvalue weighted by Crippen LogP contribution is -2.37. The summed E-state index contributed by atoms with van der Waals surface area (Å²) in [4.78, 5) is 29.8. The molecule has 3 aliphatic heterocycles. The van der Waals surface area contributed by atoms with E-state index in [0.717, 1.165) is 42.1 Å². The van der Waals surface area contributed by atoms with Gasteiger partial charge in [0.25, 0.3) is 0 Å². The highest BCUT2D eigenvalue weighted by molar-refractivity contribution is 6.00. The Kier molecular flexibility index (Phi) is 5.30. The zero-order valence-electron chi connectivity index (χ0n) is 18.0. The molecule has 0 saturated carbocycles. The van der Waals surface area contributed by atoms with E-state index < -0.39 is 0 Å². The number of nitrogens with zero attached hydrogens (tertiary/aromatic N) is 2. The van der Waals surface area contributed by atoms with Crippen LogP contribution >= 0.6 is 0 Å². The zero-order chi connectivity index (χ0) is 21.4. The first-order chi connectivity index (χ1) is 15.1. The lowest BCUT2D eigenvalue weighted by atomic mass is 9.97. The topological polar surface area (TPSA) is 61.9 Å². The van der Waals surface area contributed by atoms with Crippen LogP contribution in [0.1, 0.15) is 42.9 Å². The lowest BCUT2D eigenvalue weighted by Gasteiger charge is -2.28. The Hall–Kier alpha value is -3.02. The zero-order valence-corrected chi connectivity index (χ0v) is 18.0. The summed E-state index contributed by atoms with van der Waals surface area (Å²) in [7, 11) is 0. The molecule has 2 aromatic rings. The summed E-state index contributed by atoms with van der Waals surface area (Å²) in [6.45, 7) is 5.24. The predicted molar refractivity (Wildman–Crippen MR) is 121 cm³/mol. The minimum Gasteiger partial charge on any atom is -0.493 e. The Morgan fingerprint density at radius 2 is 1.81 bits per heavy atom. The van der Waals surface area contributed by atoms with E-state index in [2.05, 4.69) is 28.4 Å². The van der Waals surface area contributed by atoms with Crippen molar-refractivity contribution in [2.75, 3.05) is 36.0 Å². The van der Waals surface area contributed by atoms with Gasteiger partial charge in [-0.1, -0.05) is 17.7 Å². The van der Waals surface area contributed by atoms with Gasteiger partial charge in [0, 0.05) is 49.4 Å². The minimum absolute atomic E-state index is 0.0114. The van der Waals surface area contributed by atoms with E-state index in [1.165, 1.54) is 18.5 Å². The quantitative estimate of drug-likeness (QED) is 0.823. The van der Waals surface area contributed by atoms with Crippen LogP contribution in [0.4, 0.5) is 11.4 Å². The maximum atomic E-state index is 13.0. The van der Waals surface area contributed by atoms with Crippen molar-refractivity contribution in [3.8, 4) is 5.75 Å². The molecule has 6 heteroatoms. The molecule has 31 heavy (non-hydrogen) atoms. The van der Waals surface area contributed by atoms with Gasteiger partial charge in [0.1, 0.15) is 5.75 Å². The summed E-state index contributed by atoms with van der Waals surface area (Å²) in [6.07, 6.45) is 3.47. The van der Waals surface area contributed by atoms with Crippen molar-refractivity contribution in [3.05, 3.63) is 53.6 Å². The minimum atomic E-state index is -0.332. The van der Waals surface area contributed by atoms with Crippen LogP contribution < -0.4 is 19.9 Å². The average Bonchev–Trinajstić information content (AvgIpc) is 3.44. The maximum absolute atomic E-state index is 13.0. The van der Waals surface area contributed by atoms with Gasteiger partial charge < -0.3 is 19.9 Å². The molecule has 2 amide bonds. The van der Waals surface area contributed by atoms with E-state index >= 15 is 0 Å². The Balaban J connectivity index is 1.25. The molecule has 2 atom stereocenters. The molecule has 3 aliphatic rings. The monoisotopic (exact) mass is 419 g/mol. The number of nitrogens with one attached hydrogen (secondary N) is 1. The van der Waals surface area contributed by atoms with Crippen molar-refractivity contribution in [3.63, 3.8) is 0 Å². The van der Waals surface area contributed by atoms with Crippen LogP contribution in [0.3, 0.4) is 0 Å². The molecule has 162 valence electrons. The second-order valence-corrected chi connectivity index (χ2v) is 8.86. The fraction of sp³-hybridized carbons (Fsp3) is 0.440. The highest BCUT2D eigenvalue weighted by Crippen LogP contribution is 2.34. The van der Waals surface area contributed by atoms with Crippen molar-refractivity contribution in [2.24, 2.45) is 5.92 Å². The number of benzene rings is 2. The summed E-state index contributed by atoms with van der Waals surface area (Å²) in [5, 5.41) is 3.18. The normalized spacial score (nSPS) is 22.9. The van der Waals surface area contributed by atoms with Crippen LogP contribution in [0.2, 0.25) is 0 Å². The van der Waals surface area contributed by atoms with E-state index in [0.29, 0.717) is 13.2 Å². The third-order valence-corrected chi connectivity index (χ3v) is 6.65. The molecular formula is C25H29N3O3. The van der Waals surface area contributed by atoms with E-state index in [9.17, 15) is 9.59 Å². The fourth-order valence-electron chi connectivity index (χ4n) is 4.90. The average molecular weight is 420 g/mol. The fourth-order valence-corrected chi connectivity index (χ4v) is 4.90. The van der Waals surface area contributed by atoms with Gasteiger partial charge in [-0.25, -0.2) is 0 Å². The number of carbonyl (C=O) groups is 2. The molecule has 3 heterocycles. The van der Waals surface area contributed by atoms with Gasteiger partial charge in [-0.2, -0.15) is 0 Å². The lowest BCUT2D eigenvalue weighted by molar-refractivity contribution is -0.127. The second kappa shape index (κ2) is 8.25. The number of amides is 2. The molecule has 0 aliphatic carbocycles. The summed E-state index contributed by atoms with van der Waals surface area (Å²) in [6, 6.07) is 14.2. The number of hydrogen-bond donors (Lipinski definition) is 1. The van der Waals surface area contributed by atoms with Crippen LogP contribution in [0.15, 0.2) is 42.5 Å². The van der Waals surface area contributed by atoms with Crippen LogP contribution in [-0.2, 0) is 9.59 Å². The number of rotatable bonds is 4. The molecule has 5 rings (SSSR count). The Morgan fingerprint density at radius 3 is 2.58 bits per heavy atom. The Bertz CT molecular complexity index is 982. The smallest absolute Gasteiger partial charge is 0.227 e. The van der Waals surface area contributed by atoms with E-state index in [1.807, 2.05) is 31.2 Å². The third kappa shape index (κ3) is 3.99. The van der Waals surface area contributed by atoms with Gasteiger partial charge >= 0.3 is 0 Å². The molecule has 0 bridgehead atoms. The number of anilines is 2. The second-order valence-electron chi connectivity index (χ2n) is 8.86. The molecule has 0 aromatic heterocycles. The molecule has 2 unspecified atom stereocenters. The summed E-state index contributed by atoms with van der Waals surface area (Å²) < 4.78 is 5.74. The number of aryl methyl sites for hydroxylation is 1. The predicted octanol–water partition coefficient (Wildman–Crippen LogP) is 3.59. The number of carbonyl (C=O) groups excluding carboxylic acids is 2. The Labute approximate surface area is 183 Å². The first-order valence-electron chi connectivity index (χ1n) is 11.3. The number of ether oxygens (including phenoxy) is 1. The first-order valence-corrected chi connectivity index (χ1v) is 11.3. The van der Waals surface area contributed by atoms with Crippen molar-refractivity contribution >= 4 is 23.2 Å². The molecule has 2 saturated heterocycles. The van der Waals surface area contributed by atoms with E-state index in [1.54, 1.807) is 4.90 Å². The van der Waals surface area contributed by atoms with Crippen LogP contribution in [-0.4, -0.2) is 38.1 Å². The number of hydrogen-bond acceptors (Lipinski definition) is 4. The molecule has 2 aromatic carbocycles. The summed E-state index contributed by atoms with van der Waals surface area (Å²) in [5.41, 5.74) is 4.24. The number of fused-ring (bicyclic) bond motifs is 1. The van der Waals surface area contributed by atoms with Gasteiger partial charge in [0.15, 0.2) is 0 Å². The van der Waals surface area contributed by atoms with Gasteiger partial charge in [-0.3, -0.25) is 9.59 Å². The molecule has 1 N–H and O–H groups in total.